The summed E-state index contributed by atoms with van der Waals surface area (Å²) < 4.78 is 0. The molecule has 0 saturated carbocycles. The number of carbonyl (C=O) groups excluding carboxylic acids is 1. The zero-order valence-electron chi connectivity index (χ0n) is 7.93. The topological polar surface area (TPSA) is 91.8 Å². The number of primary amides is 1. The fourth-order valence-corrected chi connectivity index (χ4v) is 2.40. The number of aromatic nitrogens is 1. The molecule has 80 valence electrons. The molecule has 0 aliphatic rings. The van der Waals surface area contributed by atoms with Crippen LogP contribution in [0.4, 0.5) is 10.8 Å². The molecule has 2 aromatic rings. The largest absolute Gasteiger partial charge is 0.364 e. The molecule has 3 N–H and O–H groups in total. The first kappa shape index (κ1) is 10.6. The van der Waals surface area contributed by atoms with Gasteiger partial charge in [-0.25, -0.2) is 4.98 Å². The number of hydrogen-bond acceptors (Lipinski definition) is 6. The molecule has 0 saturated heterocycles. The molecule has 5 nitrogen and oxygen atoms in total. The van der Waals surface area contributed by atoms with Gasteiger partial charge >= 0.3 is 0 Å². The summed E-state index contributed by atoms with van der Waals surface area (Å²) in [5.41, 5.74) is 6.00. The maximum Gasteiger partial charge on any atom is 0.268 e. The van der Waals surface area contributed by atoms with Gasteiger partial charge in [-0.15, -0.1) is 22.7 Å². The van der Waals surface area contributed by atoms with Crippen molar-refractivity contribution in [1.82, 2.24) is 4.98 Å². The van der Waals surface area contributed by atoms with Gasteiger partial charge in [-0.05, 0) is 11.4 Å². The van der Waals surface area contributed by atoms with Crippen molar-refractivity contribution in [2.45, 2.75) is 0 Å². The number of carbonyl (C=O) groups is 1. The first-order chi connectivity index (χ1) is 7.70. The normalized spacial score (nSPS) is 9.69. The Kier molecular flexibility index (Phi) is 2.85. The minimum absolute atomic E-state index is 0.223. The van der Waals surface area contributed by atoms with Gasteiger partial charge in [0.25, 0.3) is 5.91 Å². The van der Waals surface area contributed by atoms with Gasteiger partial charge < -0.3 is 11.1 Å². The Morgan fingerprint density at radius 2 is 2.38 bits per heavy atom. The standard InChI is InChI=1S/C9H6N4OS2/c10-3-7-5(1-2-15-7)12-9-13-6(4-16-9)8(11)14/h1-2,4H,(H2,11,14)(H,12,13). The third-order valence-corrected chi connectivity index (χ3v) is 3.34. The fraction of sp³-hybridized carbons (Fsp3) is 0. The zero-order valence-corrected chi connectivity index (χ0v) is 9.56. The third-order valence-electron chi connectivity index (χ3n) is 1.77. The number of nitrogens with one attached hydrogen (secondary N) is 1. The van der Waals surface area contributed by atoms with E-state index in [-0.39, 0.29) is 5.69 Å². The van der Waals surface area contributed by atoms with E-state index in [1.54, 1.807) is 11.4 Å². The molecule has 2 heterocycles. The van der Waals surface area contributed by atoms with E-state index in [4.69, 9.17) is 11.0 Å². The van der Waals surface area contributed by atoms with E-state index in [0.29, 0.717) is 15.7 Å². The van der Waals surface area contributed by atoms with E-state index in [2.05, 4.69) is 16.4 Å². The number of amides is 1. The molecule has 1 amide bonds. The molecule has 2 rings (SSSR count). The number of rotatable bonds is 3. The second-order valence-corrected chi connectivity index (χ2v) is 4.58. The van der Waals surface area contributed by atoms with Crippen molar-refractivity contribution in [2.24, 2.45) is 5.73 Å². The Hall–Kier alpha value is -1.91. The monoisotopic (exact) mass is 250 g/mol. The lowest BCUT2D eigenvalue weighted by Crippen LogP contribution is -2.11. The molecule has 0 atom stereocenters. The summed E-state index contributed by atoms with van der Waals surface area (Å²) in [5.74, 6) is -0.560. The molecular weight excluding hydrogens is 244 g/mol. The molecule has 0 bridgehead atoms. The van der Waals surface area contributed by atoms with Gasteiger partial charge in [-0.3, -0.25) is 4.79 Å². The molecule has 2 aromatic heterocycles. The molecule has 0 fully saturated rings. The van der Waals surface area contributed by atoms with Crippen LogP contribution in [0.25, 0.3) is 0 Å². The van der Waals surface area contributed by atoms with Crippen molar-refractivity contribution in [2.75, 3.05) is 5.32 Å². The summed E-state index contributed by atoms with van der Waals surface area (Å²) in [6.07, 6.45) is 0. The maximum absolute atomic E-state index is 10.8. The first-order valence-corrected chi connectivity index (χ1v) is 5.96. The molecule has 0 unspecified atom stereocenters. The van der Waals surface area contributed by atoms with Crippen LogP contribution in [-0.2, 0) is 0 Å². The first-order valence-electron chi connectivity index (χ1n) is 4.20. The minimum atomic E-state index is -0.560. The minimum Gasteiger partial charge on any atom is -0.364 e. The predicted octanol–water partition coefficient (Wildman–Crippen LogP) is 1.92. The second kappa shape index (κ2) is 4.30. The molecule has 0 spiro atoms. The van der Waals surface area contributed by atoms with E-state index in [0.717, 1.165) is 0 Å². The van der Waals surface area contributed by atoms with Crippen molar-refractivity contribution in [3.05, 3.63) is 27.4 Å². The van der Waals surface area contributed by atoms with Crippen molar-refractivity contribution in [3.8, 4) is 6.07 Å². The number of anilines is 2. The second-order valence-electron chi connectivity index (χ2n) is 2.80. The lowest BCUT2D eigenvalue weighted by Gasteiger charge is -1.98. The number of nitrogens with two attached hydrogens (primary N) is 1. The number of thiazole rings is 1. The van der Waals surface area contributed by atoms with Crippen LogP contribution in [0.2, 0.25) is 0 Å². The molecule has 0 radical (unpaired) electrons. The quantitative estimate of drug-likeness (QED) is 0.870. The molecule has 0 aromatic carbocycles. The Morgan fingerprint density at radius 1 is 1.56 bits per heavy atom. The Bertz CT molecular complexity index is 566. The smallest absolute Gasteiger partial charge is 0.268 e. The lowest BCUT2D eigenvalue weighted by atomic mass is 10.4. The summed E-state index contributed by atoms with van der Waals surface area (Å²) in [6.45, 7) is 0. The Labute approximate surface area is 99.2 Å². The van der Waals surface area contributed by atoms with Crippen molar-refractivity contribution >= 4 is 39.4 Å². The number of hydrogen-bond donors (Lipinski definition) is 2. The maximum atomic E-state index is 10.8. The lowest BCUT2D eigenvalue weighted by molar-refractivity contribution is 0.0996. The number of thiophene rings is 1. The van der Waals surface area contributed by atoms with Gasteiger partial charge in [0.1, 0.15) is 16.6 Å². The van der Waals surface area contributed by atoms with Crippen LogP contribution < -0.4 is 11.1 Å². The van der Waals surface area contributed by atoms with E-state index in [1.807, 2.05) is 5.38 Å². The summed E-state index contributed by atoms with van der Waals surface area (Å²) in [4.78, 5) is 15.4. The number of nitriles is 1. The van der Waals surface area contributed by atoms with Crippen LogP contribution in [0.15, 0.2) is 16.8 Å². The Balaban J connectivity index is 2.21. The fourth-order valence-electron chi connectivity index (χ4n) is 1.05. The van der Waals surface area contributed by atoms with Gasteiger partial charge in [-0.1, -0.05) is 0 Å². The van der Waals surface area contributed by atoms with Crippen LogP contribution in [0.1, 0.15) is 15.4 Å². The highest BCUT2D eigenvalue weighted by atomic mass is 32.1. The summed E-state index contributed by atoms with van der Waals surface area (Å²) >= 11 is 2.61. The van der Waals surface area contributed by atoms with E-state index < -0.39 is 5.91 Å². The molecule has 0 aliphatic carbocycles. The van der Waals surface area contributed by atoms with Crippen LogP contribution in [0, 0.1) is 11.3 Å². The van der Waals surface area contributed by atoms with E-state index in [1.165, 1.54) is 22.7 Å². The zero-order chi connectivity index (χ0) is 11.5. The van der Waals surface area contributed by atoms with Gasteiger partial charge in [0.2, 0.25) is 0 Å². The number of nitrogens with zero attached hydrogens (tertiary/aromatic N) is 2. The van der Waals surface area contributed by atoms with Crippen LogP contribution >= 0.6 is 22.7 Å². The summed E-state index contributed by atoms with van der Waals surface area (Å²) in [5, 5.41) is 15.7. The highest BCUT2D eigenvalue weighted by Gasteiger charge is 2.09. The van der Waals surface area contributed by atoms with Gasteiger partial charge in [0, 0.05) is 5.38 Å². The van der Waals surface area contributed by atoms with Crippen molar-refractivity contribution in [3.63, 3.8) is 0 Å². The SMILES string of the molecule is N#Cc1sccc1Nc1nc(C(N)=O)cs1. The van der Waals surface area contributed by atoms with Gasteiger partial charge in [-0.2, -0.15) is 5.26 Å². The molecular formula is C9H6N4OS2. The van der Waals surface area contributed by atoms with Gasteiger partial charge in [0.15, 0.2) is 5.13 Å². The summed E-state index contributed by atoms with van der Waals surface area (Å²) in [7, 11) is 0. The average molecular weight is 250 g/mol. The van der Waals surface area contributed by atoms with Crippen molar-refractivity contribution in [1.29, 1.82) is 5.26 Å². The summed E-state index contributed by atoms with van der Waals surface area (Å²) in [6, 6.07) is 3.85. The van der Waals surface area contributed by atoms with Crippen LogP contribution in [0.3, 0.4) is 0 Å². The van der Waals surface area contributed by atoms with Crippen LogP contribution in [0.5, 0.6) is 0 Å². The van der Waals surface area contributed by atoms with E-state index in [9.17, 15) is 4.79 Å². The van der Waals surface area contributed by atoms with E-state index >= 15 is 0 Å². The molecule has 16 heavy (non-hydrogen) atoms. The highest BCUT2D eigenvalue weighted by Crippen LogP contribution is 2.26. The van der Waals surface area contributed by atoms with Gasteiger partial charge in [0.05, 0.1) is 5.69 Å². The van der Waals surface area contributed by atoms with Crippen molar-refractivity contribution < 1.29 is 4.79 Å². The highest BCUT2D eigenvalue weighted by molar-refractivity contribution is 7.14. The molecule has 0 aliphatic heterocycles. The molecule has 7 heteroatoms. The third kappa shape index (κ3) is 2.03. The average Bonchev–Trinajstić information content (AvgIpc) is 2.87. The Morgan fingerprint density at radius 3 is 3.00 bits per heavy atom. The predicted molar refractivity (Wildman–Crippen MR) is 62.9 cm³/mol. The van der Waals surface area contributed by atoms with Crippen LogP contribution in [-0.4, -0.2) is 10.9 Å².